The lowest BCUT2D eigenvalue weighted by Crippen LogP contribution is -2.82. The van der Waals surface area contributed by atoms with E-state index >= 15 is 0 Å². The van der Waals surface area contributed by atoms with Crippen LogP contribution in [0.5, 0.6) is 5.75 Å². The van der Waals surface area contributed by atoms with Crippen LogP contribution in [0.2, 0.25) is 0 Å². The Bertz CT molecular complexity index is 1240. The summed E-state index contributed by atoms with van der Waals surface area (Å²) in [4.78, 5) is 12.2. The van der Waals surface area contributed by atoms with Gasteiger partial charge >= 0.3 is 12.7 Å². The van der Waals surface area contributed by atoms with Gasteiger partial charge in [0.15, 0.2) is 0 Å². The largest absolute Gasteiger partial charge is 0.518 e. The van der Waals surface area contributed by atoms with Crippen molar-refractivity contribution in [1.29, 1.82) is 5.26 Å². The van der Waals surface area contributed by atoms with Gasteiger partial charge in [-0.1, -0.05) is 0 Å². The number of rotatable bonds is 6. The molecule has 2 N–H and O–H groups in total. The third-order valence-electron chi connectivity index (χ3n) is 6.81. The number of halogens is 2. The zero-order valence-electron chi connectivity index (χ0n) is 18.7. The molecule has 6 nitrogen and oxygen atoms in total. The van der Waals surface area contributed by atoms with Crippen molar-refractivity contribution in [1.82, 2.24) is 4.57 Å². The van der Waals surface area contributed by atoms with E-state index in [1.807, 2.05) is 24.3 Å². The summed E-state index contributed by atoms with van der Waals surface area (Å²) in [6, 6.07) is 14.7. The van der Waals surface area contributed by atoms with Crippen LogP contribution in [0.3, 0.4) is 0 Å². The number of hydrogen-bond donors (Lipinski definition) is 1. The van der Waals surface area contributed by atoms with E-state index in [2.05, 4.69) is 15.4 Å². The molecule has 176 valence electrons. The predicted molar refractivity (Wildman–Crippen MR) is 122 cm³/mol. The molecule has 0 unspecified atom stereocenters. The van der Waals surface area contributed by atoms with Crippen LogP contribution in [0.1, 0.15) is 56.6 Å². The molecule has 0 radical (unpaired) electrons. The van der Waals surface area contributed by atoms with E-state index in [9.17, 15) is 18.8 Å². The third-order valence-corrected chi connectivity index (χ3v) is 6.81. The van der Waals surface area contributed by atoms with Crippen molar-refractivity contribution in [2.24, 2.45) is 0 Å². The van der Waals surface area contributed by atoms with E-state index < -0.39 is 6.61 Å². The highest BCUT2D eigenvalue weighted by atomic mass is 19.3. The summed E-state index contributed by atoms with van der Waals surface area (Å²) in [5, 5.41) is 12.2. The smallest absolute Gasteiger partial charge is 0.435 e. The zero-order chi connectivity index (χ0) is 23.7. The molecule has 2 fully saturated rings. The summed E-state index contributed by atoms with van der Waals surface area (Å²) < 4.78 is 37.8. The van der Waals surface area contributed by atoms with Gasteiger partial charge in [-0.05, 0) is 74.8 Å². The quantitative estimate of drug-likeness (QED) is 0.467. The molecule has 2 aliphatic rings. The van der Waals surface area contributed by atoms with Gasteiger partial charge in [-0.15, -0.1) is 0 Å². The fraction of sp³-hybridized carbons (Fsp3) is 0.385. The molecule has 8 heteroatoms. The van der Waals surface area contributed by atoms with Crippen LogP contribution < -0.4 is 10.1 Å². The first-order valence-electron chi connectivity index (χ1n) is 11.7. The minimum atomic E-state index is -2.91. The molecular formula is C26H26F2N3O3+. The summed E-state index contributed by atoms with van der Waals surface area (Å²) in [5.41, 5.74) is 3.53. The highest BCUT2D eigenvalue weighted by molar-refractivity contribution is 5.95. The Morgan fingerprint density at radius 1 is 1.06 bits per heavy atom. The van der Waals surface area contributed by atoms with E-state index in [0.29, 0.717) is 16.5 Å². The summed E-state index contributed by atoms with van der Waals surface area (Å²) >= 11 is 0. The number of aromatic nitrogens is 1. The second-order valence-electron chi connectivity index (χ2n) is 8.96. The van der Waals surface area contributed by atoms with Crippen molar-refractivity contribution in [3.8, 4) is 23.1 Å². The number of carbonyl (C=O) groups is 1. The minimum Gasteiger partial charge on any atom is -0.435 e. The second-order valence-corrected chi connectivity index (χ2v) is 8.96. The van der Waals surface area contributed by atoms with Crippen LogP contribution in [-0.4, -0.2) is 23.4 Å². The number of ether oxygens (including phenoxy) is 2. The first-order chi connectivity index (χ1) is 16.5. The van der Waals surface area contributed by atoms with Gasteiger partial charge in [-0.2, -0.15) is 18.8 Å². The third kappa shape index (κ3) is 4.36. The van der Waals surface area contributed by atoms with Crippen molar-refractivity contribution >= 4 is 22.7 Å². The number of alkyl halides is 2. The van der Waals surface area contributed by atoms with E-state index in [-0.39, 0.29) is 24.0 Å². The van der Waals surface area contributed by atoms with Gasteiger partial charge in [0, 0.05) is 29.6 Å². The van der Waals surface area contributed by atoms with Gasteiger partial charge < -0.3 is 14.0 Å². The Kier molecular flexibility index (Phi) is 6.20. The number of amides is 1. The Morgan fingerprint density at radius 2 is 1.79 bits per heavy atom. The van der Waals surface area contributed by atoms with Crippen LogP contribution in [0.15, 0.2) is 42.5 Å². The molecule has 0 atom stereocenters. The second kappa shape index (κ2) is 9.43. The Hall–Kier alpha value is -3.44. The molecule has 2 aliphatic carbocycles. The zero-order valence-corrected chi connectivity index (χ0v) is 18.7. The van der Waals surface area contributed by atoms with Crippen molar-refractivity contribution in [3.63, 3.8) is 0 Å². The van der Waals surface area contributed by atoms with Crippen LogP contribution in [0.4, 0.5) is 19.3 Å². The van der Waals surface area contributed by atoms with Crippen LogP contribution >= 0.6 is 0 Å². The first kappa shape index (κ1) is 22.4. The van der Waals surface area contributed by atoms with Gasteiger partial charge in [-0.3, -0.25) is 0 Å². The molecule has 3 aromatic rings. The van der Waals surface area contributed by atoms with Crippen molar-refractivity contribution < 1.29 is 28.4 Å². The number of nitrogens with two attached hydrogens (primary N) is 1. The molecule has 0 bridgehead atoms. The number of fused-ring (bicyclic) bond motifs is 1. The van der Waals surface area contributed by atoms with Crippen molar-refractivity contribution in [3.05, 3.63) is 48.0 Å². The fourth-order valence-electron chi connectivity index (χ4n) is 4.97. The monoisotopic (exact) mass is 466 g/mol. The Labute approximate surface area is 196 Å². The van der Waals surface area contributed by atoms with E-state index in [1.54, 1.807) is 12.1 Å². The average molecular weight is 467 g/mol. The Morgan fingerprint density at radius 3 is 2.41 bits per heavy atom. The van der Waals surface area contributed by atoms with E-state index in [0.717, 1.165) is 61.9 Å². The number of carbonyl (C=O) groups excluding carboxylic acids is 1. The van der Waals surface area contributed by atoms with Crippen LogP contribution in [0, 0.1) is 11.3 Å². The summed E-state index contributed by atoms with van der Waals surface area (Å²) in [6.07, 6.45) is 6.70. The van der Waals surface area contributed by atoms with E-state index in [4.69, 9.17) is 4.74 Å². The van der Waals surface area contributed by atoms with E-state index in [1.165, 1.54) is 11.4 Å². The lowest BCUT2D eigenvalue weighted by atomic mass is 9.92. The average Bonchev–Trinajstić information content (AvgIpc) is 3.39. The minimum absolute atomic E-state index is 0.0123. The first-order valence-corrected chi connectivity index (χ1v) is 11.7. The molecular weight excluding hydrogens is 440 g/mol. The van der Waals surface area contributed by atoms with Gasteiger partial charge in [0.1, 0.15) is 23.6 Å². The number of primary amides is 1. The maximum Gasteiger partial charge on any atom is 0.518 e. The molecule has 0 spiro atoms. The predicted octanol–water partition coefficient (Wildman–Crippen LogP) is 5.78. The maximum absolute atomic E-state index is 12.8. The lowest BCUT2D eigenvalue weighted by Gasteiger charge is -2.30. The summed E-state index contributed by atoms with van der Waals surface area (Å²) in [5.74, 6) is 0.0716. The molecule has 1 heterocycles. The summed E-state index contributed by atoms with van der Waals surface area (Å²) in [6.45, 7) is -2.91. The molecule has 1 aromatic heterocycles. The normalized spacial score (nSPS) is 16.5. The van der Waals surface area contributed by atoms with Gasteiger partial charge in [0.05, 0.1) is 16.8 Å². The SMILES string of the molecule is N#Cc1c(-c2ccc([NH2+]C(=O)OC3CCCC3)cc2)n(C2CCC2)c2cc(OC(F)F)ccc12. The van der Waals surface area contributed by atoms with Gasteiger partial charge in [0.25, 0.3) is 0 Å². The highest BCUT2D eigenvalue weighted by Crippen LogP contribution is 2.43. The molecule has 2 saturated carbocycles. The molecule has 5 rings (SSSR count). The molecule has 0 saturated heterocycles. The van der Waals surface area contributed by atoms with Gasteiger partial charge in [-0.25, -0.2) is 5.32 Å². The standard InChI is InChI=1S/C26H25F2N3O3/c27-25(28)33-20-12-13-21-22(15-29)24(31(23(21)14-20)18-4-3-5-18)16-8-10-17(11-9-16)30-26(32)34-19-6-1-2-7-19/h8-14,18-19,25H,1-7H2,(H,30,32)/p+1. The fourth-order valence-corrected chi connectivity index (χ4v) is 4.97. The molecule has 34 heavy (non-hydrogen) atoms. The number of hydrogen-bond acceptors (Lipinski definition) is 4. The number of benzene rings is 2. The van der Waals surface area contributed by atoms with Crippen molar-refractivity contribution in [2.75, 3.05) is 0 Å². The number of quaternary nitrogens is 1. The number of nitrogens with zero attached hydrogens (tertiary/aromatic N) is 2. The molecule has 1 amide bonds. The topological polar surface area (TPSA) is 80.9 Å². The summed E-state index contributed by atoms with van der Waals surface area (Å²) in [7, 11) is 0. The van der Waals surface area contributed by atoms with Crippen LogP contribution in [-0.2, 0) is 4.74 Å². The van der Waals surface area contributed by atoms with Gasteiger partial charge in [0.2, 0.25) is 0 Å². The van der Waals surface area contributed by atoms with Crippen molar-refractivity contribution in [2.45, 2.75) is 63.7 Å². The maximum atomic E-state index is 12.8. The number of nitriles is 1. The Balaban J connectivity index is 1.48. The molecule has 0 aliphatic heterocycles. The lowest BCUT2D eigenvalue weighted by molar-refractivity contribution is -0.484. The molecule has 2 aromatic carbocycles. The highest BCUT2D eigenvalue weighted by Gasteiger charge is 2.28. The van der Waals surface area contributed by atoms with Crippen LogP contribution in [0.25, 0.3) is 22.2 Å².